The lowest BCUT2D eigenvalue weighted by molar-refractivity contribution is -0.274. The minimum Gasteiger partial charge on any atom is -0.493 e. The molecule has 2 aromatic rings. The third-order valence-corrected chi connectivity index (χ3v) is 4.87. The molecule has 0 aromatic heterocycles. The van der Waals surface area contributed by atoms with Crippen LogP contribution in [0.25, 0.3) is 0 Å². The SMILES string of the molecule is CCOc1cccc(F)c1[C@H]1C[C@H](F)C(=O)N1Cc1ccc(OC(F)(F)F)c(Cl)c1. The summed E-state index contributed by atoms with van der Waals surface area (Å²) in [6, 6.07) is 6.67. The first-order valence-electron chi connectivity index (χ1n) is 9.00. The van der Waals surface area contributed by atoms with Gasteiger partial charge in [0.2, 0.25) is 0 Å². The number of hydrogen-bond donors (Lipinski definition) is 0. The average Bonchev–Trinajstić information content (AvgIpc) is 2.91. The molecular weight excluding hydrogens is 433 g/mol. The Morgan fingerprint density at radius 1 is 1.20 bits per heavy atom. The second kappa shape index (κ2) is 8.67. The van der Waals surface area contributed by atoms with Crippen LogP contribution in [0.5, 0.6) is 11.5 Å². The summed E-state index contributed by atoms with van der Waals surface area (Å²) in [7, 11) is 0. The predicted molar refractivity (Wildman–Crippen MR) is 98.5 cm³/mol. The fourth-order valence-electron chi connectivity index (χ4n) is 3.39. The predicted octanol–water partition coefficient (Wildman–Crippen LogP) is 5.59. The van der Waals surface area contributed by atoms with Gasteiger partial charge in [0.1, 0.15) is 17.3 Å². The number of amides is 1. The van der Waals surface area contributed by atoms with Crippen LogP contribution < -0.4 is 9.47 Å². The van der Waals surface area contributed by atoms with Crippen molar-refractivity contribution in [2.75, 3.05) is 6.61 Å². The first kappa shape index (κ1) is 22.1. The third-order valence-electron chi connectivity index (χ3n) is 4.58. The molecule has 3 rings (SSSR count). The lowest BCUT2D eigenvalue weighted by Gasteiger charge is -2.27. The molecule has 0 spiro atoms. The van der Waals surface area contributed by atoms with Gasteiger partial charge in [-0.25, -0.2) is 8.78 Å². The minimum absolute atomic E-state index is 0.0518. The number of hydrogen-bond acceptors (Lipinski definition) is 3. The van der Waals surface area contributed by atoms with Crippen molar-refractivity contribution in [2.45, 2.75) is 38.5 Å². The summed E-state index contributed by atoms with van der Waals surface area (Å²) >= 11 is 5.85. The Hall–Kier alpha value is -2.55. The summed E-state index contributed by atoms with van der Waals surface area (Å²) in [5.74, 6) is -1.91. The van der Waals surface area contributed by atoms with Gasteiger partial charge >= 0.3 is 6.36 Å². The number of benzene rings is 2. The Labute approximate surface area is 174 Å². The Morgan fingerprint density at radius 3 is 2.57 bits per heavy atom. The van der Waals surface area contributed by atoms with Crippen LogP contribution in [0, 0.1) is 5.82 Å². The van der Waals surface area contributed by atoms with Gasteiger partial charge in [-0.2, -0.15) is 0 Å². The molecule has 30 heavy (non-hydrogen) atoms. The van der Waals surface area contributed by atoms with E-state index in [1.807, 2.05) is 0 Å². The molecule has 2 atom stereocenters. The summed E-state index contributed by atoms with van der Waals surface area (Å²) in [5, 5.41) is -0.328. The van der Waals surface area contributed by atoms with Crippen molar-refractivity contribution in [3.05, 3.63) is 58.4 Å². The van der Waals surface area contributed by atoms with Crippen molar-refractivity contribution in [1.29, 1.82) is 0 Å². The second-order valence-corrected chi connectivity index (χ2v) is 6.99. The molecule has 0 N–H and O–H groups in total. The molecule has 0 bridgehead atoms. The highest BCUT2D eigenvalue weighted by Gasteiger charge is 2.43. The smallest absolute Gasteiger partial charge is 0.493 e. The van der Waals surface area contributed by atoms with E-state index in [0.717, 1.165) is 11.0 Å². The molecular formula is C20H17ClF5NO3. The quantitative estimate of drug-likeness (QED) is 0.540. The van der Waals surface area contributed by atoms with Gasteiger partial charge in [-0.3, -0.25) is 4.79 Å². The summed E-state index contributed by atoms with van der Waals surface area (Å²) in [6.07, 6.45) is -7.03. The van der Waals surface area contributed by atoms with Crippen molar-refractivity contribution in [3.8, 4) is 11.5 Å². The monoisotopic (exact) mass is 449 g/mol. The summed E-state index contributed by atoms with van der Waals surface area (Å²) < 4.78 is 75.3. The Morgan fingerprint density at radius 2 is 1.93 bits per heavy atom. The van der Waals surface area contributed by atoms with Crippen LogP contribution in [0.3, 0.4) is 0 Å². The van der Waals surface area contributed by atoms with Gasteiger partial charge < -0.3 is 14.4 Å². The van der Waals surface area contributed by atoms with E-state index in [2.05, 4.69) is 4.74 Å². The Bertz CT molecular complexity index is 937. The number of carbonyl (C=O) groups excluding carboxylic acids is 1. The maximum atomic E-state index is 14.6. The zero-order valence-electron chi connectivity index (χ0n) is 15.7. The van der Waals surface area contributed by atoms with Gasteiger partial charge in [-0.1, -0.05) is 23.7 Å². The number of nitrogens with zero attached hydrogens (tertiary/aromatic N) is 1. The second-order valence-electron chi connectivity index (χ2n) is 6.58. The zero-order valence-corrected chi connectivity index (χ0v) is 16.4. The van der Waals surface area contributed by atoms with Crippen LogP contribution in [0.4, 0.5) is 22.0 Å². The van der Waals surface area contributed by atoms with E-state index >= 15 is 0 Å². The van der Waals surface area contributed by atoms with Crippen molar-refractivity contribution >= 4 is 17.5 Å². The first-order valence-corrected chi connectivity index (χ1v) is 9.38. The Kier molecular flexibility index (Phi) is 6.40. The van der Waals surface area contributed by atoms with E-state index in [1.165, 1.54) is 30.3 Å². The van der Waals surface area contributed by atoms with E-state index in [1.54, 1.807) is 6.92 Å². The van der Waals surface area contributed by atoms with E-state index in [0.29, 0.717) is 5.56 Å². The molecule has 162 valence electrons. The largest absolute Gasteiger partial charge is 0.573 e. The maximum Gasteiger partial charge on any atom is 0.573 e. The molecule has 0 saturated carbocycles. The number of ether oxygens (including phenoxy) is 2. The molecule has 1 saturated heterocycles. The molecule has 0 radical (unpaired) electrons. The normalized spacial score (nSPS) is 19.3. The number of carbonyl (C=O) groups is 1. The van der Waals surface area contributed by atoms with Crippen molar-refractivity contribution in [1.82, 2.24) is 4.90 Å². The van der Waals surface area contributed by atoms with Gasteiger partial charge in [0, 0.05) is 13.0 Å². The number of likely N-dealkylation sites (tertiary alicyclic amines) is 1. The third kappa shape index (κ3) is 4.77. The van der Waals surface area contributed by atoms with Crippen LogP contribution in [0.15, 0.2) is 36.4 Å². The molecule has 0 unspecified atom stereocenters. The standard InChI is InChI=1S/C20H17ClF5NO3/c1-2-29-17-5-3-4-13(22)18(17)15-9-14(23)19(28)27(15)10-11-6-7-16(12(21)8-11)30-20(24,25)26/h3-8,14-15H,2,9-10H2,1H3/t14-,15+/m0/s1. The summed E-state index contributed by atoms with van der Waals surface area (Å²) in [6.45, 7) is 1.76. The van der Waals surface area contributed by atoms with E-state index in [9.17, 15) is 26.7 Å². The summed E-state index contributed by atoms with van der Waals surface area (Å²) in [5.41, 5.74) is 0.382. The number of halogens is 6. The molecule has 1 fully saturated rings. The van der Waals surface area contributed by atoms with Gasteiger partial charge in [-0.15, -0.1) is 13.2 Å². The van der Waals surface area contributed by atoms with Crippen molar-refractivity contribution in [2.24, 2.45) is 0 Å². The van der Waals surface area contributed by atoms with Gasteiger partial charge in [0.25, 0.3) is 5.91 Å². The number of rotatable bonds is 6. The average molecular weight is 450 g/mol. The highest BCUT2D eigenvalue weighted by molar-refractivity contribution is 6.32. The highest BCUT2D eigenvalue weighted by atomic mass is 35.5. The molecule has 1 amide bonds. The molecule has 4 nitrogen and oxygen atoms in total. The topological polar surface area (TPSA) is 38.8 Å². The maximum absolute atomic E-state index is 14.6. The lowest BCUT2D eigenvalue weighted by atomic mass is 10.0. The minimum atomic E-state index is -4.91. The van der Waals surface area contributed by atoms with Crippen LogP contribution in [-0.2, 0) is 11.3 Å². The molecule has 2 aromatic carbocycles. The van der Waals surface area contributed by atoms with Crippen molar-refractivity contribution < 1.29 is 36.2 Å². The fraction of sp³-hybridized carbons (Fsp3) is 0.350. The van der Waals surface area contributed by atoms with Gasteiger partial charge in [-0.05, 0) is 36.8 Å². The van der Waals surface area contributed by atoms with Crippen LogP contribution in [-0.4, -0.2) is 29.9 Å². The molecule has 0 aliphatic carbocycles. The number of alkyl halides is 4. The summed E-state index contributed by atoms with van der Waals surface area (Å²) in [4.78, 5) is 13.5. The van der Waals surface area contributed by atoms with Crippen LogP contribution in [0.2, 0.25) is 5.02 Å². The molecule has 1 heterocycles. The molecule has 1 aliphatic heterocycles. The van der Waals surface area contributed by atoms with E-state index in [-0.39, 0.29) is 35.9 Å². The first-order chi connectivity index (χ1) is 14.1. The molecule has 10 heteroatoms. The Balaban J connectivity index is 1.91. The highest BCUT2D eigenvalue weighted by Crippen LogP contribution is 2.41. The van der Waals surface area contributed by atoms with Gasteiger partial charge in [0.05, 0.1) is 23.2 Å². The lowest BCUT2D eigenvalue weighted by Crippen LogP contribution is -2.30. The van der Waals surface area contributed by atoms with Crippen molar-refractivity contribution in [3.63, 3.8) is 0 Å². The fourth-order valence-corrected chi connectivity index (χ4v) is 3.63. The van der Waals surface area contributed by atoms with Crippen LogP contribution in [0.1, 0.15) is 30.5 Å². The van der Waals surface area contributed by atoms with Gasteiger partial charge in [0.15, 0.2) is 6.17 Å². The molecule has 1 aliphatic rings. The van der Waals surface area contributed by atoms with E-state index < -0.39 is 36.0 Å². The zero-order chi connectivity index (χ0) is 22.1. The van der Waals surface area contributed by atoms with Crippen LogP contribution >= 0.6 is 11.6 Å². The van der Waals surface area contributed by atoms with E-state index in [4.69, 9.17) is 16.3 Å².